The van der Waals surface area contributed by atoms with E-state index in [0.717, 1.165) is 0 Å². The van der Waals surface area contributed by atoms with Gasteiger partial charge in [-0.2, -0.15) is 0 Å². The minimum absolute atomic E-state index is 0.0514. The van der Waals surface area contributed by atoms with Crippen molar-refractivity contribution in [2.75, 3.05) is 27.4 Å². The summed E-state index contributed by atoms with van der Waals surface area (Å²) in [6.07, 6.45) is 0.226. The van der Waals surface area contributed by atoms with Crippen molar-refractivity contribution in [3.63, 3.8) is 0 Å². The van der Waals surface area contributed by atoms with Crippen LogP contribution in [0, 0.1) is 0 Å². The van der Waals surface area contributed by atoms with Crippen LogP contribution in [-0.2, 0) is 19.5 Å². The summed E-state index contributed by atoms with van der Waals surface area (Å²) >= 11 is 0. The third-order valence-corrected chi connectivity index (χ3v) is 4.25. The molecule has 0 heterocycles. The van der Waals surface area contributed by atoms with Gasteiger partial charge in [0.2, 0.25) is 10.0 Å². The zero-order chi connectivity index (χ0) is 15.9. The van der Waals surface area contributed by atoms with E-state index in [-0.39, 0.29) is 30.1 Å². The van der Waals surface area contributed by atoms with E-state index in [0.29, 0.717) is 0 Å². The molecule has 1 aromatic rings. The van der Waals surface area contributed by atoms with E-state index >= 15 is 0 Å². The third kappa shape index (κ3) is 5.09. The molecule has 1 rings (SSSR count). The predicted octanol–water partition coefficient (Wildman–Crippen LogP) is 0.149. The third-order valence-electron chi connectivity index (χ3n) is 2.73. The van der Waals surface area contributed by atoms with Gasteiger partial charge in [0, 0.05) is 19.8 Å². The van der Waals surface area contributed by atoms with Crippen LogP contribution < -0.4 is 4.72 Å². The van der Waals surface area contributed by atoms with Gasteiger partial charge in [-0.05, 0) is 24.6 Å². The summed E-state index contributed by atoms with van der Waals surface area (Å²) in [5.74, 6) is -0.615. The van der Waals surface area contributed by atoms with E-state index in [1.165, 1.54) is 38.5 Å². The Morgan fingerprint density at radius 3 is 2.67 bits per heavy atom. The van der Waals surface area contributed by atoms with Gasteiger partial charge in [-0.25, -0.2) is 17.9 Å². The van der Waals surface area contributed by atoms with E-state index in [4.69, 9.17) is 9.84 Å². The molecule has 7 nitrogen and oxygen atoms in total. The number of esters is 1. The molecule has 0 saturated carbocycles. The van der Waals surface area contributed by atoms with Crippen molar-refractivity contribution >= 4 is 16.0 Å². The van der Waals surface area contributed by atoms with Crippen LogP contribution in [0.15, 0.2) is 29.2 Å². The molecule has 1 aromatic carbocycles. The maximum Gasteiger partial charge on any atom is 0.337 e. The van der Waals surface area contributed by atoms with Crippen LogP contribution >= 0.6 is 0 Å². The average Bonchev–Trinajstić information content (AvgIpc) is 2.46. The van der Waals surface area contributed by atoms with E-state index < -0.39 is 22.0 Å². The van der Waals surface area contributed by atoms with Crippen LogP contribution in [0.3, 0.4) is 0 Å². The lowest BCUT2D eigenvalue weighted by Crippen LogP contribution is -2.38. The normalized spacial score (nSPS) is 12.9. The molecule has 0 aliphatic rings. The fourth-order valence-corrected chi connectivity index (χ4v) is 3.03. The van der Waals surface area contributed by atoms with Gasteiger partial charge in [0.25, 0.3) is 0 Å². The second-order valence-electron chi connectivity index (χ2n) is 4.31. The highest BCUT2D eigenvalue weighted by Gasteiger charge is 2.21. The minimum Gasteiger partial charge on any atom is -0.465 e. The van der Waals surface area contributed by atoms with Gasteiger partial charge in [0.15, 0.2) is 0 Å². The van der Waals surface area contributed by atoms with Crippen LogP contribution in [0.5, 0.6) is 0 Å². The van der Waals surface area contributed by atoms with E-state index in [1.807, 2.05) is 0 Å². The molecule has 1 atom stereocenters. The Morgan fingerprint density at radius 1 is 1.38 bits per heavy atom. The van der Waals surface area contributed by atoms with Crippen LogP contribution in [0.25, 0.3) is 0 Å². The number of methoxy groups -OCH3 is 2. The molecule has 0 aromatic heterocycles. The lowest BCUT2D eigenvalue weighted by molar-refractivity contribution is 0.0600. The number of sulfonamides is 1. The van der Waals surface area contributed by atoms with Crippen molar-refractivity contribution in [2.45, 2.75) is 17.4 Å². The summed E-state index contributed by atoms with van der Waals surface area (Å²) in [6, 6.07) is 4.98. The zero-order valence-corrected chi connectivity index (χ0v) is 12.7. The molecule has 118 valence electrons. The summed E-state index contributed by atoms with van der Waals surface area (Å²) in [6.45, 7) is -0.0325. The monoisotopic (exact) mass is 317 g/mol. The van der Waals surface area contributed by atoms with Crippen molar-refractivity contribution in [1.29, 1.82) is 0 Å². The molecule has 21 heavy (non-hydrogen) atoms. The number of hydrogen-bond acceptors (Lipinski definition) is 6. The van der Waals surface area contributed by atoms with Crippen molar-refractivity contribution in [2.24, 2.45) is 0 Å². The SMILES string of the molecule is COCC(CCO)NS(=O)(=O)c1cccc(C(=O)OC)c1. The molecule has 0 bridgehead atoms. The smallest absolute Gasteiger partial charge is 0.337 e. The Bertz CT molecular complexity index is 566. The number of aliphatic hydroxyl groups is 1. The molecule has 0 amide bonds. The van der Waals surface area contributed by atoms with Crippen molar-refractivity contribution in [3.8, 4) is 0 Å². The molecule has 0 saturated heterocycles. The summed E-state index contributed by atoms with van der Waals surface area (Å²) in [7, 11) is -1.16. The fraction of sp³-hybridized carbons (Fsp3) is 0.462. The van der Waals surface area contributed by atoms with Gasteiger partial charge in [-0.3, -0.25) is 0 Å². The quantitative estimate of drug-likeness (QED) is 0.662. The van der Waals surface area contributed by atoms with Gasteiger partial charge in [0.05, 0.1) is 24.2 Å². The van der Waals surface area contributed by atoms with E-state index in [2.05, 4.69) is 9.46 Å². The topological polar surface area (TPSA) is 102 Å². The number of nitrogens with one attached hydrogen (secondary N) is 1. The number of benzene rings is 1. The predicted molar refractivity (Wildman–Crippen MR) is 75.5 cm³/mol. The molecule has 2 N–H and O–H groups in total. The van der Waals surface area contributed by atoms with Gasteiger partial charge in [-0.15, -0.1) is 0 Å². The van der Waals surface area contributed by atoms with E-state index in [9.17, 15) is 13.2 Å². The standard InChI is InChI=1S/C13H19NO6S/c1-19-9-11(6-7-15)14-21(17,18)12-5-3-4-10(8-12)13(16)20-2/h3-5,8,11,14-15H,6-7,9H2,1-2H3. The molecule has 0 aliphatic carbocycles. The maximum atomic E-state index is 12.3. The first kappa shape index (κ1) is 17.6. The lowest BCUT2D eigenvalue weighted by Gasteiger charge is -2.17. The van der Waals surface area contributed by atoms with Gasteiger partial charge >= 0.3 is 5.97 Å². The second kappa shape index (κ2) is 8.08. The summed E-state index contributed by atoms with van der Waals surface area (Å²) in [4.78, 5) is 11.4. The molecular weight excluding hydrogens is 298 g/mol. The van der Waals surface area contributed by atoms with Gasteiger partial charge in [0.1, 0.15) is 0 Å². The fourth-order valence-electron chi connectivity index (χ4n) is 1.73. The Labute approximate surface area is 123 Å². The molecule has 0 fully saturated rings. The first-order valence-electron chi connectivity index (χ1n) is 6.25. The Balaban J connectivity index is 2.98. The second-order valence-corrected chi connectivity index (χ2v) is 6.02. The van der Waals surface area contributed by atoms with Crippen LogP contribution in [0.2, 0.25) is 0 Å². The Hall–Kier alpha value is -1.48. The summed E-state index contributed by atoms with van der Waals surface area (Å²) in [5.41, 5.74) is 0.144. The first-order valence-corrected chi connectivity index (χ1v) is 7.73. The van der Waals surface area contributed by atoms with Gasteiger partial charge in [-0.1, -0.05) is 6.07 Å². The number of carbonyl (C=O) groups is 1. The maximum absolute atomic E-state index is 12.3. The molecule has 0 spiro atoms. The molecule has 0 radical (unpaired) electrons. The summed E-state index contributed by atoms with van der Waals surface area (Å²) in [5, 5.41) is 8.93. The summed E-state index contributed by atoms with van der Waals surface area (Å²) < 4.78 is 36.4. The highest BCUT2D eigenvalue weighted by atomic mass is 32.2. The van der Waals surface area contributed by atoms with Crippen molar-refractivity contribution in [3.05, 3.63) is 29.8 Å². The first-order chi connectivity index (χ1) is 9.94. The molecule has 0 aliphatic heterocycles. The van der Waals surface area contributed by atoms with E-state index in [1.54, 1.807) is 0 Å². The zero-order valence-electron chi connectivity index (χ0n) is 11.9. The number of rotatable bonds is 8. The highest BCUT2D eigenvalue weighted by Crippen LogP contribution is 2.13. The minimum atomic E-state index is -3.82. The van der Waals surface area contributed by atoms with Crippen molar-refractivity contribution < 1.29 is 27.8 Å². The Kier molecular flexibility index (Phi) is 6.76. The van der Waals surface area contributed by atoms with Crippen molar-refractivity contribution in [1.82, 2.24) is 4.72 Å². The van der Waals surface area contributed by atoms with Crippen LogP contribution in [0.4, 0.5) is 0 Å². The molecular formula is C13H19NO6S. The molecule has 1 unspecified atom stereocenters. The number of ether oxygens (including phenoxy) is 2. The van der Waals surface area contributed by atoms with Gasteiger partial charge < -0.3 is 14.6 Å². The largest absolute Gasteiger partial charge is 0.465 e. The number of carbonyl (C=O) groups excluding carboxylic acids is 1. The number of hydrogen-bond donors (Lipinski definition) is 2. The Morgan fingerprint density at radius 2 is 2.10 bits per heavy atom. The van der Waals surface area contributed by atoms with Crippen LogP contribution in [-0.4, -0.2) is 53.0 Å². The van der Waals surface area contributed by atoms with Crippen LogP contribution in [0.1, 0.15) is 16.8 Å². The number of aliphatic hydroxyl groups excluding tert-OH is 1. The lowest BCUT2D eigenvalue weighted by atomic mass is 10.2. The average molecular weight is 317 g/mol. The molecule has 8 heteroatoms. The highest BCUT2D eigenvalue weighted by molar-refractivity contribution is 7.89.